The molecule has 0 aliphatic rings. The fraction of sp³-hybridized carbons (Fsp3) is 0.0303. The molecule has 0 bridgehead atoms. The molecule has 248 valence electrons. The maximum atomic E-state index is 12.9. The number of carboxylic acid groups (broad SMARTS) is 8. The number of carbonyl (C=O) groups is 8. The van der Waals surface area contributed by atoms with Gasteiger partial charge in [-0.2, -0.15) is 0 Å². The Morgan fingerprint density at radius 2 is 0.653 bits per heavy atom. The van der Waals surface area contributed by atoms with Crippen molar-refractivity contribution in [3.8, 4) is 0 Å². The number of rotatable bonds is 12. The fourth-order valence-electron chi connectivity index (χ4n) is 5.76. The van der Waals surface area contributed by atoms with Crippen LogP contribution < -0.4 is 0 Å². The van der Waals surface area contributed by atoms with Gasteiger partial charge in [0.2, 0.25) is 0 Å². The molecule has 0 unspecified atom stereocenters. The lowest BCUT2D eigenvalue weighted by Crippen LogP contribution is -2.37. The van der Waals surface area contributed by atoms with E-state index in [4.69, 9.17) is 0 Å². The fourth-order valence-corrected chi connectivity index (χ4v) is 5.76. The van der Waals surface area contributed by atoms with Crippen molar-refractivity contribution in [1.82, 2.24) is 0 Å². The maximum absolute atomic E-state index is 12.9. The zero-order chi connectivity index (χ0) is 36.5. The van der Waals surface area contributed by atoms with E-state index in [-0.39, 0.29) is 0 Å². The molecule has 0 spiro atoms. The van der Waals surface area contributed by atoms with Gasteiger partial charge in [-0.05, 0) is 58.7 Å². The summed E-state index contributed by atoms with van der Waals surface area (Å²) in [6.45, 7) is 0. The lowest BCUT2D eigenvalue weighted by molar-refractivity contribution is 0.0647. The van der Waals surface area contributed by atoms with Gasteiger partial charge in [-0.15, -0.1) is 0 Å². The highest BCUT2D eigenvalue weighted by molar-refractivity contribution is 6.07. The average Bonchev–Trinajstić information content (AvgIpc) is 3.04. The molecule has 4 rings (SSSR count). The second-order valence-electron chi connectivity index (χ2n) is 10.2. The molecule has 0 amide bonds. The van der Waals surface area contributed by atoms with Gasteiger partial charge in [0.05, 0.1) is 49.9 Å². The molecule has 0 aliphatic heterocycles. The van der Waals surface area contributed by atoms with Crippen LogP contribution in [-0.2, 0) is 5.41 Å². The second kappa shape index (κ2) is 12.8. The highest BCUT2D eigenvalue weighted by Crippen LogP contribution is 2.49. The van der Waals surface area contributed by atoms with Crippen molar-refractivity contribution in [2.24, 2.45) is 0 Å². The summed E-state index contributed by atoms with van der Waals surface area (Å²) >= 11 is 0. The number of benzene rings is 4. The first kappa shape index (κ1) is 34.5. The normalized spacial score (nSPS) is 10.9. The van der Waals surface area contributed by atoms with E-state index in [1.165, 1.54) is 0 Å². The molecular weight excluding hydrogens is 652 g/mol. The van der Waals surface area contributed by atoms with E-state index >= 15 is 0 Å². The van der Waals surface area contributed by atoms with Crippen molar-refractivity contribution in [3.63, 3.8) is 0 Å². The topological polar surface area (TPSA) is 298 Å². The van der Waals surface area contributed by atoms with E-state index in [0.29, 0.717) is 12.1 Å². The standard InChI is InChI=1S/C33H20O16/c34-25(35)15-9-7-13(11-19(15)29(42)43)33(14-8-10-16(26(36)37)20(12-14)30(44)45,21-5-1-3-17(27(38)39)23(21)31(46)47)22-6-2-4-18(28(40)41)24(22)32(48)49/h1-12H,(H,34,35)(H,36,37)(H,38,39)(H,40,41)(H,42,43)(H,44,45)(H,46,47)(H,48,49). The Balaban J connectivity index is 2.52. The number of carboxylic acids is 8. The minimum absolute atomic E-state index is 0.510. The Labute approximate surface area is 272 Å². The molecule has 0 radical (unpaired) electrons. The minimum atomic E-state index is -2.72. The number of hydrogen-bond acceptors (Lipinski definition) is 8. The molecule has 0 fully saturated rings. The Morgan fingerprint density at radius 3 is 0.918 bits per heavy atom. The SMILES string of the molecule is O=C(O)c1ccc(C(c2ccc(C(=O)O)c(C(=O)O)c2)(c2cccc(C(=O)O)c2C(=O)O)c2cccc(C(=O)O)c2C(=O)O)cc1C(=O)O. The van der Waals surface area contributed by atoms with Gasteiger partial charge in [0.15, 0.2) is 0 Å². The zero-order valence-corrected chi connectivity index (χ0v) is 24.3. The van der Waals surface area contributed by atoms with Crippen LogP contribution >= 0.6 is 0 Å². The summed E-state index contributed by atoms with van der Waals surface area (Å²) in [5.41, 5.74) is -12.5. The van der Waals surface area contributed by atoms with Crippen molar-refractivity contribution >= 4 is 47.8 Å². The molecule has 16 nitrogen and oxygen atoms in total. The summed E-state index contributed by atoms with van der Waals surface area (Å²) in [4.78, 5) is 99.2. The van der Waals surface area contributed by atoms with Gasteiger partial charge in [0.25, 0.3) is 0 Å². The monoisotopic (exact) mass is 672 g/mol. The van der Waals surface area contributed by atoms with Gasteiger partial charge in [-0.25, -0.2) is 38.4 Å². The van der Waals surface area contributed by atoms with Gasteiger partial charge >= 0.3 is 47.8 Å². The Hall–Kier alpha value is -7.36. The molecule has 0 aromatic heterocycles. The predicted octanol–water partition coefficient (Wildman–Crippen LogP) is 3.65. The molecule has 4 aromatic rings. The van der Waals surface area contributed by atoms with Crippen molar-refractivity contribution in [2.75, 3.05) is 0 Å². The highest BCUT2D eigenvalue weighted by Gasteiger charge is 2.46. The Morgan fingerprint density at radius 1 is 0.347 bits per heavy atom. The number of aromatic carboxylic acids is 8. The Bertz CT molecular complexity index is 2010. The van der Waals surface area contributed by atoms with Crippen LogP contribution in [0.25, 0.3) is 0 Å². The average molecular weight is 673 g/mol. The Kier molecular flexibility index (Phi) is 9.01. The quantitative estimate of drug-likeness (QED) is 0.0996. The first-order valence-electron chi connectivity index (χ1n) is 13.4. The second-order valence-corrected chi connectivity index (χ2v) is 10.2. The summed E-state index contributed by atoms with van der Waals surface area (Å²) in [6.07, 6.45) is 0. The van der Waals surface area contributed by atoms with E-state index in [1.54, 1.807) is 0 Å². The molecule has 16 heteroatoms. The maximum Gasteiger partial charge on any atom is 0.336 e. The van der Waals surface area contributed by atoms with Crippen LogP contribution in [0.3, 0.4) is 0 Å². The van der Waals surface area contributed by atoms with Crippen molar-refractivity contribution < 1.29 is 79.2 Å². The molecule has 0 atom stereocenters. The smallest absolute Gasteiger partial charge is 0.336 e. The van der Waals surface area contributed by atoms with Crippen molar-refractivity contribution in [1.29, 1.82) is 0 Å². The molecule has 0 heterocycles. The van der Waals surface area contributed by atoms with E-state index in [0.717, 1.165) is 60.7 Å². The van der Waals surface area contributed by atoms with Crippen LogP contribution in [0.1, 0.15) is 105 Å². The third kappa shape index (κ3) is 5.76. The predicted molar refractivity (Wildman–Crippen MR) is 160 cm³/mol. The summed E-state index contributed by atoms with van der Waals surface area (Å²) < 4.78 is 0. The van der Waals surface area contributed by atoms with Crippen molar-refractivity contribution in [2.45, 2.75) is 5.41 Å². The lowest BCUT2D eigenvalue weighted by Gasteiger charge is -2.39. The lowest BCUT2D eigenvalue weighted by atomic mass is 9.61. The van der Waals surface area contributed by atoms with Crippen LogP contribution in [0.15, 0.2) is 72.8 Å². The summed E-state index contributed by atoms with van der Waals surface area (Å²) in [5, 5.41) is 80.2. The van der Waals surface area contributed by atoms with Crippen LogP contribution in [-0.4, -0.2) is 88.6 Å². The van der Waals surface area contributed by atoms with Gasteiger partial charge in [0.1, 0.15) is 0 Å². The van der Waals surface area contributed by atoms with Crippen LogP contribution in [0.5, 0.6) is 0 Å². The van der Waals surface area contributed by atoms with E-state index < -0.39 is 120 Å². The molecule has 0 saturated carbocycles. The third-order valence-corrected chi connectivity index (χ3v) is 7.65. The first-order valence-corrected chi connectivity index (χ1v) is 13.4. The molecule has 8 N–H and O–H groups in total. The third-order valence-electron chi connectivity index (χ3n) is 7.65. The van der Waals surface area contributed by atoms with Crippen LogP contribution in [0.4, 0.5) is 0 Å². The van der Waals surface area contributed by atoms with Gasteiger partial charge in [-0.3, -0.25) is 0 Å². The van der Waals surface area contributed by atoms with E-state index in [9.17, 15) is 79.2 Å². The molecular formula is C33H20O16. The summed E-state index contributed by atoms with van der Waals surface area (Å²) in [7, 11) is 0. The molecule has 0 aliphatic carbocycles. The van der Waals surface area contributed by atoms with Gasteiger partial charge in [0, 0.05) is 0 Å². The summed E-state index contributed by atoms with van der Waals surface area (Å²) in [6, 6.07) is 10.4. The first-order chi connectivity index (χ1) is 23.0. The number of hydrogen-bond donors (Lipinski definition) is 8. The van der Waals surface area contributed by atoms with Gasteiger partial charge < -0.3 is 40.9 Å². The van der Waals surface area contributed by atoms with E-state index in [2.05, 4.69) is 0 Å². The van der Waals surface area contributed by atoms with Gasteiger partial charge in [-0.1, -0.05) is 36.4 Å². The molecule has 49 heavy (non-hydrogen) atoms. The molecule has 4 aromatic carbocycles. The minimum Gasteiger partial charge on any atom is -0.478 e. The van der Waals surface area contributed by atoms with Crippen LogP contribution in [0.2, 0.25) is 0 Å². The zero-order valence-electron chi connectivity index (χ0n) is 24.3. The molecule has 0 saturated heterocycles. The highest BCUT2D eigenvalue weighted by atomic mass is 16.4. The van der Waals surface area contributed by atoms with Crippen molar-refractivity contribution in [3.05, 3.63) is 140 Å². The largest absolute Gasteiger partial charge is 0.478 e. The van der Waals surface area contributed by atoms with Crippen LogP contribution in [0, 0.1) is 0 Å². The summed E-state index contributed by atoms with van der Waals surface area (Å²) in [5.74, 6) is -14.7. The van der Waals surface area contributed by atoms with E-state index in [1.807, 2.05) is 0 Å².